The fourth-order valence-electron chi connectivity index (χ4n) is 1.30. The van der Waals surface area contributed by atoms with Gasteiger partial charge in [0.05, 0.1) is 0 Å². The molecular weight excluding hydrogens is 196 g/mol. The van der Waals surface area contributed by atoms with Crippen molar-refractivity contribution in [2.24, 2.45) is 0 Å². The molecule has 0 amide bonds. The van der Waals surface area contributed by atoms with Gasteiger partial charge in [0.15, 0.2) is 0 Å². The maximum atomic E-state index is 5.69. The van der Waals surface area contributed by atoms with Crippen LogP contribution in [0.4, 0.5) is 0 Å². The Balaban J connectivity index is 3.71. The Labute approximate surface area is 89.0 Å². The zero-order valence-corrected chi connectivity index (χ0v) is 11.0. The molecule has 0 saturated carbocycles. The van der Waals surface area contributed by atoms with E-state index < -0.39 is 8.56 Å². The maximum absolute atomic E-state index is 5.69. The molecule has 0 aliphatic carbocycles. The third-order valence-electron chi connectivity index (χ3n) is 1.95. The Morgan fingerprint density at radius 3 is 1.93 bits per heavy atom. The van der Waals surface area contributed by atoms with Crippen molar-refractivity contribution in [3.05, 3.63) is 0 Å². The second kappa shape index (κ2) is 8.41. The predicted octanol–water partition coefficient (Wildman–Crippen LogP) is 2.56. The molecule has 0 unspecified atom stereocenters. The van der Waals surface area contributed by atoms with E-state index in [0.717, 1.165) is 38.9 Å². The Morgan fingerprint density at radius 1 is 0.929 bits per heavy atom. The van der Waals surface area contributed by atoms with Crippen LogP contribution in [0.5, 0.6) is 0 Å². The summed E-state index contributed by atoms with van der Waals surface area (Å²) in [4.78, 5) is 0. The first-order valence-electron chi connectivity index (χ1n) is 5.54. The molecule has 0 heterocycles. The standard InChI is InChI=1S/C10H24O3Si/c1-5-8-11-9-10-14(4,12-6-2)13-7-3/h5-10H2,1-4H3. The molecule has 0 aromatic heterocycles. The number of hydrogen-bond donors (Lipinski definition) is 0. The van der Waals surface area contributed by atoms with E-state index in [0.29, 0.717) is 0 Å². The number of hydrogen-bond acceptors (Lipinski definition) is 3. The number of rotatable bonds is 9. The van der Waals surface area contributed by atoms with Crippen molar-refractivity contribution in [2.75, 3.05) is 26.4 Å². The van der Waals surface area contributed by atoms with Crippen molar-refractivity contribution in [1.82, 2.24) is 0 Å². The van der Waals surface area contributed by atoms with Gasteiger partial charge in [-0.1, -0.05) is 6.92 Å². The Hall–Kier alpha value is 0.0969. The van der Waals surface area contributed by atoms with Crippen molar-refractivity contribution in [1.29, 1.82) is 0 Å². The highest BCUT2D eigenvalue weighted by molar-refractivity contribution is 6.66. The van der Waals surface area contributed by atoms with Crippen molar-refractivity contribution in [3.63, 3.8) is 0 Å². The van der Waals surface area contributed by atoms with Gasteiger partial charge in [0.25, 0.3) is 0 Å². The van der Waals surface area contributed by atoms with Crippen LogP contribution in [0.15, 0.2) is 0 Å². The molecule has 0 aliphatic rings. The quantitative estimate of drug-likeness (QED) is 0.441. The molecule has 0 spiro atoms. The Kier molecular flexibility index (Phi) is 8.47. The summed E-state index contributed by atoms with van der Waals surface area (Å²) in [7, 11) is -1.92. The summed E-state index contributed by atoms with van der Waals surface area (Å²) in [6.07, 6.45) is 1.07. The summed E-state index contributed by atoms with van der Waals surface area (Å²) in [5.74, 6) is 0. The maximum Gasteiger partial charge on any atom is 0.337 e. The molecular formula is C10H24O3Si. The van der Waals surface area contributed by atoms with E-state index >= 15 is 0 Å². The van der Waals surface area contributed by atoms with Gasteiger partial charge in [-0.25, -0.2) is 0 Å². The molecule has 86 valence electrons. The van der Waals surface area contributed by atoms with E-state index in [1.54, 1.807) is 0 Å². The predicted molar refractivity (Wildman–Crippen MR) is 60.8 cm³/mol. The van der Waals surface area contributed by atoms with Gasteiger partial charge in [-0.2, -0.15) is 0 Å². The van der Waals surface area contributed by atoms with Gasteiger partial charge < -0.3 is 13.6 Å². The average Bonchev–Trinajstić information content (AvgIpc) is 2.13. The SMILES string of the molecule is CCCOCC[Si](C)(OCC)OCC. The minimum Gasteiger partial charge on any atom is -0.395 e. The van der Waals surface area contributed by atoms with Gasteiger partial charge >= 0.3 is 8.56 Å². The van der Waals surface area contributed by atoms with Crippen molar-refractivity contribution >= 4 is 8.56 Å². The van der Waals surface area contributed by atoms with Crippen molar-refractivity contribution in [2.45, 2.75) is 39.8 Å². The fraction of sp³-hybridized carbons (Fsp3) is 1.00. The van der Waals surface area contributed by atoms with Crippen LogP contribution in [0.3, 0.4) is 0 Å². The molecule has 0 aliphatic heterocycles. The molecule has 0 aromatic rings. The van der Waals surface area contributed by atoms with Crippen LogP contribution in [-0.2, 0) is 13.6 Å². The zero-order valence-electron chi connectivity index (χ0n) is 9.97. The summed E-state index contributed by atoms with van der Waals surface area (Å²) in [6.45, 7) is 11.3. The fourth-order valence-corrected chi connectivity index (χ4v) is 3.41. The molecule has 0 N–H and O–H groups in total. The van der Waals surface area contributed by atoms with E-state index in [1.165, 1.54) is 0 Å². The molecule has 0 radical (unpaired) electrons. The lowest BCUT2D eigenvalue weighted by molar-refractivity contribution is 0.128. The molecule has 3 nitrogen and oxygen atoms in total. The third-order valence-corrected chi connectivity index (χ3v) is 4.86. The lowest BCUT2D eigenvalue weighted by Crippen LogP contribution is -2.39. The molecule has 4 heteroatoms. The van der Waals surface area contributed by atoms with Crippen LogP contribution in [0, 0.1) is 0 Å². The third kappa shape index (κ3) is 6.54. The van der Waals surface area contributed by atoms with Crippen LogP contribution in [0.2, 0.25) is 12.6 Å². The van der Waals surface area contributed by atoms with E-state index in [4.69, 9.17) is 13.6 Å². The molecule has 0 saturated heterocycles. The minimum absolute atomic E-state index is 0.733. The van der Waals surface area contributed by atoms with Gasteiger partial charge in [-0.05, 0) is 26.8 Å². The normalized spacial score (nSPS) is 12.0. The molecule has 0 fully saturated rings. The van der Waals surface area contributed by atoms with Crippen LogP contribution in [-0.4, -0.2) is 35.0 Å². The second-order valence-corrected chi connectivity index (χ2v) is 6.71. The van der Waals surface area contributed by atoms with Crippen LogP contribution in [0.1, 0.15) is 27.2 Å². The summed E-state index contributed by atoms with van der Waals surface area (Å²) in [5.41, 5.74) is 0. The summed E-state index contributed by atoms with van der Waals surface area (Å²) in [5, 5.41) is 0. The molecule has 0 aromatic carbocycles. The van der Waals surface area contributed by atoms with Gasteiger partial charge in [0.2, 0.25) is 0 Å². The van der Waals surface area contributed by atoms with Crippen LogP contribution in [0.25, 0.3) is 0 Å². The van der Waals surface area contributed by atoms with E-state index in [-0.39, 0.29) is 0 Å². The van der Waals surface area contributed by atoms with Crippen molar-refractivity contribution in [3.8, 4) is 0 Å². The highest BCUT2D eigenvalue weighted by Gasteiger charge is 2.30. The summed E-state index contributed by atoms with van der Waals surface area (Å²) in [6, 6.07) is 0.925. The first-order valence-corrected chi connectivity index (χ1v) is 8.06. The van der Waals surface area contributed by atoms with Gasteiger partial charge in [0, 0.05) is 32.5 Å². The lowest BCUT2D eigenvalue weighted by Gasteiger charge is -2.25. The Bertz CT molecular complexity index is 125. The van der Waals surface area contributed by atoms with E-state index in [1.807, 2.05) is 13.8 Å². The second-order valence-electron chi connectivity index (χ2n) is 3.36. The molecule has 0 rings (SSSR count). The van der Waals surface area contributed by atoms with Crippen LogP contribution < -0.4 is 0 Å². The molecule has 0 bridgehead atoms. The summed E-state index contributed by atoms with van der Waals surface area (Å²) < 4.78 is 16.8. The van der Waals surface area contributed by atoms with E-state index in [9.17, 15) is 0 Å². The van der Waals surface area contributed by atoms with Crippen LogP contribution >= 0.6 is 0 Å². The monoisotopic (exact) mass is 220 g/mol. The average molecular weight is 220 g/mol. The van der Waals surface area contributed by atoms with Crippen molar-refractivity contribution < 1.29 is 13.6 Å². The van der Waals surface area contributed by atoms with E-state index in [2.05, 4.69) is 13.5 Å². The molecule has 0 atom stereocenters. The minimum atomic E-state index is -1.92. The molecule has 14 heavy (non-hydrogen) atoms. The smallest absolute Gasteiger partial charge is 0.337 e. The summed E-state index contributed by atoms with van der Waals surface area (Å²) >= 11 is 0. The highest BCUT2D eigenvalue weighted by atomic mass is 28.4. The highest BCUT2D eigenvalue weighted by Crippen LogP contribution is 2.13. The lowest BCUT2D eigenvalue weighted by atomic mass is 10.5. The first kappa shape index (κ1) is 14.1. The number of ether oxygens (including phenoxy) is 1. The largest absolute Gasteiger partial charge is 0.395 e. The van der Waals surface area contributed by atoms with Gasteiger partial charge in [-0.15, -0.1) is 0 Å². The first-order chi connectivity index (χ1) is 6.68. The topological polar surface area (TPSA) is 27.7 Å². The van der Waals surface area contributed by atoms with Gasteiger partial charge in [-0.3, -0.25) is 0 Å². The Morgan fingerprint density at radius 2 is 1.50 bits per heavy atom. The zero-order chi connectivity index (χ0) is 10.9. The van der Waals surface area contributed by atoms with Gasteiger partial charge in [0.1, 0.15) is 0 Å².